The number of rotatable bonds is 6. The lowest BCUT2D eigenvalue weighted by molar-refractivity contribution is -0.139. The number of imide groups is 1. The van der Waals surface area contributed by atoms with Gasteiger partial charge in [-0.3, -0.25) is 9.69 Å². The van der Waals surface area contributed by atoms with Crippen molar-refractivity contribution in [2.24, 2.45) is 0 Å². The van der Waals surface area contributed by atoms with Crippen LogP contribution in [0.2, 0.25) is 0 Å². The van der Waals surface area contributed by atoms with Gasteiger partial charge in [-0.1, -0.05) is 42.0 Å². The topological polar surface area (TPSA) is 95.9 Å². The number of hydrogen-bond acceptors (Lipinski definition) is 4. The Morgan fingerprint density at radius 2 is 1.93 bits per heavy atom. The predicted octanol–water partition coefficient (Wildman–Crippen LogP) is 2.55. The predicted molar refractivity (Wildman–Crippen MR) is 97.8 cm³/mol. The highest BCUT2D eigenvalue weighted by Crippen LogP contribution is 2.19. The van der Waals surface area contributed by atoms with Gasteiger partial charge in [-0.2, -0.15) is 0 Å². The van der Waals surface area contributed by atoms with Crippen LogP contribution in [0.15, 0.2) is 54.2 Å². The van der Waals surface area contributed by atoms with Gasteiger partial charge in [0.2, 0.25) is 0 Å². The first kappa shape index (κ1) is 18.2. The average Bonchev–Trinajstić information content (AvgIpc) is 2.89. The van der Waals surface area contributed by atoms with Gasteiger partial charge in [-0.15, -0.1) is 0 Å². The van der Waals surface area contributed by atoms with E-state index in [1.807, 2.05) is 31.2 Å². The molecular formula is C20H18N2O5. The fourth-order valence-corrected chi connectivity index (χ4v) is 2.68. The maximum atomic E-state index is 12.5. The standard InChI is InChI=1S/C20H18N2O5/c1-13-3-2-4-15(9-13)11-22-19(25)17(21-20(22)26)10-14-5-7-16(8-6-14)27-12-18(23)24/h2-10H,11-12H2,1H3,(H,21,26)(H,23,24)/b17-10+. The molecule has 1 aliphatic heterocycles. The molecule has 2 aromatic carbocycles. The number of nitrogens with one attached hydrogen (secondary N) is 1. The van der Waals surface area contributed by atoms with Gasteiger partial charge in [0.05, 0.1) is 6.54 Å². The van der Waals surface area contributed by atoms with Crippen LogP contribution in [0, 0.1) is 6.92 Å². The van der Waals surface area contributed by atoms with Gasteiger partial charge in [-0.05, 0) is 36.3 Å². The minimum atomic E-state index is -1.06. The molecule has 138 valence electrons. The number of aryl methyl sites for hydroxylation is 1. The van der Waals surface area contributed by atoms with E-state index in [4.69, 9.17) is 9.84 Å². The van der Waals surface area contributed by atoms with Crippen LogP contribution in [0.5, 0.6) is 5.75 Å². The lowest BCUT2D eigenvalue weighted by Crippen LogP contribution is -2.30. The molecule has 1 heterocycles. The van der Waals surface area contributed by atoms with Crippen molar-refractivity contribution in [3.63, 3.8) is 0 Å². The molecule has 7 nitrogen and oxygen atoms in total. The fraction of sp³-hybridized carbons (Fsp3) is 0.150. The number of nitrogens with zero attached hydrogens (tertiary/aromatic N) is 1. The zero-order chi connectivity index (χ0) is 19.4. The van der Waals surface area contributed by atoms with Crippen molar-refractivity contribution in [1.82, 2.24) is 10.2 Å². The molecule has 1 aliphatic rings. The normalized spacial score (nSPS) is 15.1. The smallest absolute Gasteiger partial charge is 0.341 e. The van der Waals surface area contributed by atoms with E-state index in [9.17, 15) is 14.4 Å². The highest BCUT2D eigenvalue weighted by molar-refractivity contribution is 6.13. The Balaban J connectivity index is 1.71. The summed E-state index contributed by atoms with van der Waals surface area (Å²) in [5.74, 6) is -1.05. The molecule has 0 bridgehead atoms. The summed E-state index contributed by atoms with van der Waals surface area (Å²) in [6, 6.07) is 13.7. The number of carbonyl (C=O) groups excluding carboxylic acids is 2. The van der Waals surface area contributed by atoms with Crippen LogP contribution in [-0.2, 0) is 16.1 Å². The van der Waals surface area contributed by atoms with Crippen LogP contribution in [0.3, 0.4) is 0 Å². The summed E-state index contributed by atoms with van der Waals surface area (Å²) in [4.78, 5) is 36.4. The van der Waals surface area contributed by atoms with Crippen LogP contribution in [-0.4, -0.2) is 34.5 Å². The van der Waals surface area contributed by atoms with Crippen molar-refractivity contribution in [3.05, 3.63) is 70.9 Å². The van der Waals surface area contributed by atoms with Gasteiger partial charge >= 0.3 is 12.0 Å². The monoisotopic (exact) mass is 366 g/mol. The number of carboxylic acids is 1. The fourth-order valence-electron chi connectivity index (χ4n) is 2.68. The summed E-state index contributed by atoms with van der Waals surface area (Å²) in [6.07, 6.45) is 1.57. The molecule has 7 heteroatoms. The van der Waals surface area contributed by atoms with Crippen LogP contribution < -0.4 is 10.1 Å². The number of benzene rings is 2. The number of hydrogen-bond donors (Lipinski definition) is 2. The minimum Gasteiger partial charge on any atom is -0.482 e. The lowest BCUT2D eigenvalue weighted by atomic mass is 10.1. The van der Waals surface area contributed by atoms with Crippen molar-refractivity contribution >= 4 is 24.0 Å². The first-order chi connectivity index (χ1) is 12.9. The second-order valence-electron chi connectivity index (χ2n) is 6.12. The Morgan fingerprint density at radius 1 is 1.19 bits per heavy atom. The molecule has 27 heavy (non-hydrogen) atoms. The molecular weight excluding hydrogens is 348 g/mol. The summed E-state index contributed by atoms with van der Waals surface area (Å²) in [5.41, 5.74) is 2.80. The number of urea groups is 1. The largest absolute Gasteiger partial charge is 0.482 e. The van der Waals surface area contributed by atoms with Crippen molar-refractivity contribution in [3.8, 4) is 5.75 Å². The second-order valence-corrected chi connectivity index (χ2v) is 6.12. The lowest BCUT2D eigenvalue weighted by Gasteiger charge is -2.12. The van der Waals surface area contributed by atoms with E-state index < -0.39 is 24.5 Å². The maximum Gasteiger partial charge on any atom is 0.341 e. The number of ether oxygens (including phenoxy) is 1. The Labute approximate surface area is 155 Å². The Hall–Kier alpha value is -3.61. The van der Waals surface area contributed by atoms with E-state index in [-0.39, 0.29) is 12.2 Å². The number of aliphatic carboxylic acids is 1. The highest BCUT2D eigenvalue weighted by atomic mass is 16.5. The van der Waals surface area contributed by atoms with Gasteiger partial charge in [0.15, 0.2) is 6.61 Å². The van der Waals surface area contributed by atoms with Crippen LogP contribution in [0.1, 0.15) is 16.7 Å². The third kappa shape index (κ3) is 4.52. The molecule has 0 spiro atoms. The van der Waals surface area contributed by atoms with E-state index >= 15 is 0 Å². The van der Waals surface area contributed by atoms with Crippen LogP contribution in [0.4, 0.5) is 4.79 Å². The van der Waals surface area contributed by atoms with Crippen molar-refractivity contribution < 1.29 is 24.2 Å². The van der Waals surface area contributed by atoms with Crippen LogP contribution in [0.25, 0.3) is 6.08 Å². The Morgan fingerprint density at radius 3 is 2.59 bits per heavy atom. The Kier molecular flexibility index (Phi) is 5.21. The molecule has 3 rings (SSSR count). The van der Waals surface area contributed by atoms with Crippen LogP contribution >= 0.6 is 0 Å². The first-order valence-electron chi connectivity index (χ1n) is 8.27. The van der Waals surface area contributed by atoms with Gasteiger partial charge in [0, 0.05) is 0 Å². The highest BCUT2D eigenvalue weighted by Gasteiger charge is 2.33. The minimum absolute atomic E-state index is 0.187. The summed E-state index contributed by atoms with van der Waals surface area (Å²) in [5, 5.41) is 11.2. The SMILES string of the molecule is Cc1cccc(CN2C(=O)N/C(=C/c3ccc(OCC(=O)O)cc3)C2=O)c1. The van der Waals surface area contributed by atoms with Crippen molar-refractivity contribution in [1.29, 1.82) is 0 Å². The summed E-state index contributed by atoms with van der Waals surface area (Å²) in [6.45, 7) is 1.72. The van der Waals surface area contributed by atoms with E-state index in [1.165, 1.54) is 0 Å². The van der Waals surface area contributed by atoms with E-state index in [0.717, 1.165) is 16.0 Å². The summed E-state index contributed by atoms with van der Waals surface area (Å²) >= 11 is 0. The molecule has 0 aliphatic carbocycles. The first-order valence-corrected chi connectivity index (χ1v) is 8.27. The molecule has 1 fully saturated rings. The zero-order valence-electron chi connectivity index (χ0n) is 14.6. The quantitative estimate of drug-likeness (QED) is 0.605. The molecule has 0 atom stereocenters. The van der Waals surface area contributed by atoms with Gasteiger partial charge in [0.1, 0.15) is 11.4 Å². The molecule has 3 amide bonds. The van der Waals surface area contributed by atoms with E-state index in [1.54, 1.807) is 30.3 Å². The average molecular weight is 366 g/mol. The molecule has 0 aromatic heterocycles. The summed E-state index contributed by atoms with van der Waals surface area (Å²) < 4.78 is 5.06. The molecule has 0 saturated carbocycles. The molecule has 0 unspecified atom stereocenters. The maximum absolute atomic E-state index is 12.5. The molecule has 2 aromatic rings. The third-order valence-corrected chi connectivity index (χ3v) is 3.94. The number of amides is 3. The van der Waals surface area contributed by atoms with Crippen molar-refractivity contribution in [2.45, 2.75) is 13.5 Å². The number of carboxylic acid groups (broad SMARTS) is 1. The summed E-state index contributed by atoms with van der Waals surface area (Å²) in [7, 11) is 0. The molecule has 2 N–H and O–H groups in total. The van der Waals surface area contributed by atoms with E-state index in [0.29, 0.717) is 11.3 Å². The van der Waals surface area contributed by atoms with Gasteiger partial charge < -0.3 is 15.2 Å². The van der Waals surface area contributed by atoms with Gasteiger partial charge in [-0.25, -0.2) is 9.59 Å². The Bertz CT molecular complexity index is 918. The zero-order valence-corrected chi connectivity index (χ0v) is 14.6. The number of carbonyl (C=O) groups is 3. The van der Waals surface area contributed by atoms with Gasteiger partial charge in [0.25, 0.3) is 5.91 Å². The third-order valence-electron chi connectivity index (χ3n) is 3.94. The molecule has 0 radical (unpaired) electrons. The second kappa shape index (κ2) is 7.74. The van der Waals surface area contributed by atoms with E-state index in [2.05, 4.69) is 5.32 Å². The van der Waals surface area contributed by atoms with Crippen molar-refractivity contribution in [2.75, 3.05) is 6.61 Å². The molecule has 1 saturated heterocycles.